The van der Waals surface area contributed by atoms with Crippen LogP contribution in [0.25, 0.3) is 0 Å². The van der Waals surface area contributed by atoms with E-state index in [1.165, 1.54) is 5.56 Å². The predicted molar refractivity (Wildman–Crippen MR) is 140 cm³/mol. The average Bonchev–Trinajstić information content (AvgIpc) is 2.83. The molecule has 0 saturated carbocycles. The predicted octanol–water partition coefficient (Wildman–Crippen LogP) is 2.93. The Morgan fingerprint density at radius 1 is 1.06 bits per heavy atom. The van der Waals surface area contributed by atoms with Gasteiger partial charge in [-0.15, -0.1) is 24.0 Å². The molecule has 0 radical (unpaired) electrons. The van der Waals surface area contributed by atoms with Crippen LogP contribution in [0.2, 0.25) is 0 Å². The minimum absolute atomic E-state index is 0. The zero-order valence-corrected chi connectivity index (χ0v) is 21.3. The number of hydrogen-bond donors (Lipinski definition) is 2. The lowest BCUT2D eigenvalue weighted by Crippen LogP contribution is -2.39. The highest BCUT2D eigenvalue weighted by Crippen LogP contribution is 2.18. The highest BCUT2D eigenvalue weighted by molar-refractivity contribution is 14.0. The van der Waals surface area contributed by atoms with Gasteiger partial charge in [-0.2, -0.15) is 0 Å². The highest BCUT2D eigenvalue weighted by atomic mass is 127. The van der Waals surface area contributed by atoms with Crippen LogP contribution in [0, 0.1) is 0 Å². The molecule has 1 heterocycles. The first kappa shape index (κ1) is 26.2. The number of hydrogen-bond acceptors (Lipinski definition) is 5. The second-order valence-corrected chi connectivity index (χ2v) is 7.36. The van der Waals surface area contributed by atoms with E-state index >= 15 is 0 Å². The molecule has 7 nitrogen and oxygen atoms in total. The molecule has 2 aromatic carbocycles. The molecule has 8 heteroatoms. The Balaban J connectivity index is 0.00000363. The van der Waals surface area contributed by atoms with Gasteiger partial charge in [-0.1, -0.05) is 30.3 Å². The monoisotopic (exact) mass is 554 g/mol. The largest absolute Gasteiger partial charge is 0.497 e. The average molecular weight is 554 g/mol. The highest BCUT2D eigenvalue weighted by Gasteiger charge is 2.11. The van der Waals surface area contributed by atoms with Crippen LogP contribution in [0.15, 0.2) is 53.5 Å². The summed E-state index contributed by atoms with van der Waals surface area (Å²) in [5.41, 5.74) is 2.37. The van der Waals surface area contributed by atoms with Crippen molar-refractivity contribution in [3.8, 4) is 11.5 Å². The van der Waals surface area contributed by atoms with E-state index in [1.54, 1.807) is 14.2 Å². The molecule has 0 amide bonds. The van der Waals surface area contributed by atoms with Gasteiger partial charge in [-0.25, -0.2) is 0 Å². The van der Waals surface area contributed by atoms with Gasteiger partial charge in [0.05, 0.1) is 20.3 Å². The molecule has 0 spiro atoms. The summed E-state index contributed by atoms with van der Waals surface area (Å²) in [4.78, 5) is 6.70. The molecule has 3 rings (SSSR count). The van der Waals surface area contributed by atoms with Crippen molar-refractivity contribution in [3.05, 3.63) is 59.7 Å². The molecule has 0 atom stereocenters. The van der Waals surface area contributed by atoms with Crippen molar-refractivity contribution in [1.29, 1.82) is 0 Å². The third kappa shape index (κ3) is 8.84. The second kappa shape index (κ2) is 14.9. The van der Waals surface area contributed by atoms with E-state index in [4.69, 9.17) is 14.2 Å². The number of methoxy groups -OCH3 is 1. The van der Waals surface area contributed by atoms with Crippen molar-refractivity contribution < 1.29 is 14.2 Å². The fourth-order valence-corrected chi connectivity index (χ4v) is 3.42. The van der Waals surface area contributed by atoms with Gasteiger partial charge in [0.25, 0.3) is 0 Å². The number of ether oxygens (including phenoxy) is 3. The van der Waals surface area contributed by atoms with E-state index in [2.05, 4.69) is 38.7 Å². The van der Waals surface area contributed by atoms with Gasteiger partial charge >= 0.3 is 0 Å². The van der Waals surface area contributed by atoms with Crippen molar-refractivity contribution in [2.24, 2.45) is 4.99 Å². The minimum atomic E-state index is 0. The number of rotatable bonds is 10. The van der Waals surface area contributed by atoms with Crippen LogP contribution in [0.3, 0.4) is 0 Å². The van der Waals surface area contributed by atoms with E-state index in [0.29, 0.717) is 13.2 Å². The molecule has 176 valence electrons. The van der Waals surface area contributed by atoms with Crippen LogP contribution >= 0.6 is 24.0 Å². The van der Waals surface area contributed by atoms with Crippen molar-refractivity contribution in [1.82, 2.24) is 15.5 Å². The molecule has 0 aliphatic carbocycles. The number of benzene rings is 2. The van der Waals surface area contributed by atoms with Crippen LogP contribution in [0.1, 0.15) is 11.1 Å². The van der Waals surface area contributed by atoms with E-state index in [1.807, 2.05) is 30.3 Å². The van der Waals surface area contributed by atoms with E-state index in [0.717, 1.165) is 68.8 Å². The maximum absolute atomic E-state index is 6.07. The van der Waals surface area contributed by atoms with Crippen LogP contribution in [0.5, 0.6) is 11.5 Å². The number of halogens is 1. The van der Waals surface area contributed by atoms with Crippen LogP contribution in [-0.4, -0.2) is 71.0 Å². The standard InChI is InChI=1S/C24H34N4O3.HI/c1-25-24(26-12-11-20-7-9-22(29-2)10-8-20)27-19-21-5-3-4-6-23(21)31-18-15-28-13-16-30-17-14-28;/h3-10H,11-19H2,1-2H3,(H2,25,26,27);1H. The summed E-state index contributed by atoms with van der Waals surface area (Å²) in [6, 6.07) is 16.3. The third-order valence-corrected chi connectivity index (χ3v) is 5.28. The van der Waals surface area contributed by atoms with Gasteiger partial charge in [-0.05, 0) is 30.2 Å². The maximum atomic E-state index is 6.07. The number of morpholine rings is 1. The Morgan fingerprint density at radius 2 is 1.81 bits per heavy atom. The number of para-hydroxylation sites is 1. The molecule has 32 heavy (non-hydrogen) atoms. The maximum Gasteiger partial charge on any atom is 0.191 e. The lowest BCUT2D eigenvalue weighted by molar-refractivity contribution is 0.0322. The Kier molecular flexibility index (Phi) is 12.2. The van der Waals surface area contributed by atoms with Crippen molar-refractivity contribution >= 4 is 29.9 Å². The topological polar surface area (TPSA) is 67.4 Å². The summed E-state index contributed by atoms with van der Waals surface area (Å²) in [6.07, 6.45) is 0.909. The Hall–Kier alpha value is -2.04. The molecular weight excluding hydrogens is 519 g/mol. The molecule has 0 bridgehead atoms. The summed E-state index contributed by atoms with van der Waals surface area (Å²) in [7, 11) is 3.47. The summed E-state index contributed by atoms with van der Waals surface area (Å²) in [5, 5.41) is 6.75. The molecule has 0 aromatic heterocycles. The number of aliphatic imine (C=N–C) groups is 1. The fourth-order valence-electron chi connectivity index (χ4n) is 3.42. The van der Waals surface area contributed by atoms with E-state index in [-0.39, 0.29) is 24.0 Å². The second-order valence-electron chi connectivity index (χ2n) is 7.36. The molecule has 1 fully saturated rings. The Bertz CT molecular complexity index is 811. The van der Waals surface area contributed by atoms with Crippen LogP contribution < -0.4 is 20.1 Å². The zero-order valence-electron chi connectivity index (χ0n) is 19.0. The molecular formula is C24H35IN4O3. The lowest BCUT2D eigenvalue weighted by Gasteiger charge is -2.26. The first-order valence-electron chi connectivity index (χ1n) is 10.9. The normalized spacial score (nSPS) is 14.4. The van der Waals surface area contributed by atoms with Crippen LogP contribution in [0.4, 0.5) is 0 Å². The Morgan fingerprint density at radius 3 is 2.53 bits per heavy atom. The SMILES string of the molecule is CN=C(NCCc1ccc(OC)cc1)NCc1ccccc1OCCN1CCOCC1.I. The van der Waals surface area contributed by atoms with Crippen LogP contribution in [-0.2, 0) is 17.7 Å². The van der Waals surface area contributed by atoms with Crippen molar-refractivity contribution in [2.75, 3.05) is 60.2 Å². The van der Waals surface area contributed by atoms with Gasteiger partial charge in [0, 0.05) is 45.3 Å². The van der Waals surface area contributed by atoms with Gasteiger partial charge in [-0.3, -0.25) is 9.89 Å². The summed E-state index contributed by atoms with van der Waals surface area (Å²) in [6.45, 7) is 6.61. The minimum Gasteiger partial charge on any atom is -0.497 e. The van der Waals surface area contributed by atoms with Gasteiger partial charge in [0.1, 0.15) is 18.1 Å². The molecule has 1 saturated heterocycles. The third-order valence-electron chi connectivity index (χ3n) is 5.28. The quantitative estimate of drug-likeness (QED) is 0.268. The molecule has 0 unspecified atom stereocenters. The number of nitrogens with zero attached hydrogens (tertiary/aromatic N) is 2. The molecule has 2 N–H and O–H groups in total. The van der Waals surface area contributed by atoms with Gasteiger partial charge < -0.3 is 24.8 Å². The Labute approximate surface area is 208 Å². The zero-order chi connectivity index (χ0) is 21.7. The van der Waals surface area contributed by atoms with E-state index < -0.39 is 0 Å². The fraction of sp³-hybridized carbons (Fsp3) is 0.458. The summed E-state index contributed by atoms with van der Waals surface area (Å²) in [5.74, 6) is 2.56. The lowest BCUT2D eigenvalue weighted by atomic mass is 10.1. The van der Waals surface area contributed by atoms with Crippen molar-refractivity contribution in [2.45, 2.75) is 13.0 Å². The van der Waals surface area contributed by atoms with E-state index in [9.17, 15) is 0 Å². The molecule has 1 aliphatic rings. The summed E-state index contributed by atoms with van der Waals surface area (Å²) < 4.78 is 16.7. The number of guanidine groups is 1. The molecule has 2 aromatic rings. The first-order chi connectivity index (χ1) is 15.3. The van der Waals surface area contributed by atoms with Gasteiger partial charge in [0.2, 0.25) is 0 Å². The van der Waals surface area contributed by atoms with Crippen molar-refractivity contribution in [3.63, 3.8) is 0 Å². The first-order valence-corrected chi connectivity index (χ1v) is 10.9. The smallest absolute Gasteiger partial charge is 0.191 e. The number of nitrogens with one attached hydrogen (secondary N) is 2. The van der Waals surface area contributed by atoms with Gasteiger partial charge in [0.15, 0.2) is 5.96 Å². The summed E-state index contributed by atoms with van der Waals surface area (Å²) >= 11 is 0. The molecule has 1 aliphatic heterocycles.